The van der Waals surface area contributed by atoms with Crippen molar-refractivity contribution in [2.45, 2.75) is 17.4 Å². The van der Waals surface area contributed by atoms with Gasteiger partial charge in [0.05, 0.1) is 16.2 Å². The molecule has 39 heavy (non-hydrogen) atoms. The molecule has 5 heterocycles. The summed E-state index contributed by atoms with van der Waals surface area (Å²) in [6.45, 7) is 1.90. The molecule has 0 fully saturated rings. The number of benzene rings is 2. The number of hydrogen-bond acceptors (Lipinski definition) is 8. The van der Waals surface area contributed by atoms with Crippen molar-refractivity contribution >= 4 is 38.7 Å². The van der Waals surface area contributed by atoms with E-state index in [1.165, 1.54) is 33.9 Å². The van der Waals surface area contributed by atoms with Gasteiger partial charge in [0.2, 0.25) is 0 Å². The summed E-state index contributed by atoms with van der Waals surface area (Å²) in [7, 11) is -3.91. The highest BCUT2D eigenvalue weighted by molar-refractivity contribution is 7.90. The lowest BCUT2D eigenvalue weighted by Gasteiger charge is -2.20. The molecule has 0 bridgehead atoms. The highest BCUT2D eigenvalue weighted by Crippen LogP contribution is 2.38. The summed E-state index contributed by atoms with van der Waals surface area (Å²) in [5.41, 5.74) is 3.04. The number of rotatable bonds is 5. The molecule has 0 aliphatic carbocycles. The highest BCUT2D eigenvalue weighted by Gasteiger charge is 2.36. The Hall–Kier alpha value is -4.45. The van der Waals surface area contributed by atoms with E-state index < -0.39 is 15.6 Å². The quantitative estimate of drug-likeness (QED) is 0.330. The zero-order valence-electron chi connectivity index (χ0n) is 20.5. The maximum absolute atomic E-state index is 13.5. The van der Waals surface area contributed by atoms with Crippen molar-refractivity contribution in [3.05, 3.63) is 108 Å². The van der Waals surface area contributed by atoms with Crippen LogP contribution in [0.1, 0.15) is 17.0 Å². The van der Waals surface area contributed by atoms with E-state index in [-0.39, 0.29) is 10.5 Å². The zero-order chi connectivity index (χ0) is 26.8. The molecule has 1 aliphatic rings. The fourth-order valence-electron chi connectivity index (χ4n) is 4.75. The second-order valence-corrected chi connectivity index (χ2v) is 11.9. The molecule has 9 nitrogen and oxygen atoms in total. The summed E-state index contributed by atoms with van der Waals surface area (Å²) in [6.07, 6.45) is 11.5. The van der Waals surface area contributed by atoms with Crippen molar-refractivity contribution in [1.82, 2.24) is 28.5 Å². The zero-order valence-corrected chi connectivity index (χ0v) is 22.1. The minimum atomic E-state index is -3.91. The van der Waals surface area contributed by atoms with E-state index in [9.17, 15) is 13.5 Å². The number of aromatic nitrogens is 6. The summed E-state index contributed by atoms with van der Waals surface area (Å²) >= 11 is 1.38. The van der Waals surface area contributed by atoms with Gasteiger partial charge in [-0.25, -0.2) is 27.3 Å². The van der Waals surface area contributed by atoms with Crippen LogP contribution in [0.4, 0.5) is 0 Å². The number of hydrogen-bond donors (Lipinski definition) is 1. The predicted octanol–water partition coefficient (Wildman–Crippen LogP) is 4.68. The first-order valence-corrected chi connectivity index (χ1v) is 14.3. The smallest absolute Gasteiger partial charge is 0.269 e. The molecule has 2 aromatic carbocycles. The maximum atomic E-state index is 13.5. The lowest BCUT2D eigenvalue weighted by molar-refractivity contribution is 0.129. The molecule has 0 unspecified atom stereocenters. The number of nitrogens with zero attached hydrogens (tertiary/aromatic N) is 6. The Labute approximate surface area is 227 Å². The van der Waals surface area contributed by atoms with Crippen LogP contribution in [0.3, 0.4) is 0 Å². The van der Waals surface area contributed by atoms with Gasteiger partial charge in [-0.05, 0) is 36.8 Å². The lowest BCUT2D eigenvalue weighted by atomic mass is 9.92. The molecule has 0 saturated carbocycles. The molecular weight excluding hydrogens is 532 g/mol. The van der Waals surface area contributed by atoms with Gasteiger partial charge < -0.3 is 9.67 Å². The summed E-state index contributed by atoms with van der Waals surface area (Å²) in [4.78, 5) is 18.1. The van der Waals surface area contributed by atoms with Crippen molar-refractivity contribution in [2.24, 2.45) is 0 Å². The fourth-order valence-corrected chi connectivity index (χ4v) is 6.90. The van der Waals surface area contributed by atoms with Crippen LogP contribution in [0.2, 0.25) is 0 Å². The molecule has 1 N–H and O–H groups in total. The molecule has 0 saturated heterocycles. The van der Waals surface area contributed by atoms with Gasteiger partial charge in [0.1, 0.15) is 10.5 Å². The topological polar surface area (TPSA) is 116 Å². The van der Waals surface area contributed by atoms with Gasteiger partial charge in [-0.3, -0.25) is 4.98 Å². The Morgan fingerprint density at radius 3 is 2.67 bits per heavy atom. The summed E-state index contributed by atoms with van der Waals surface area (Å²) < 4.78 is 30.0. The van der Waals surface area contributed by atoms with Gasteiger partial charge in [-0.2, -0.15) is 0 Å². The van der Waals surface area contributed by atoms with E-state index >= 15 is 0 Å². The van der Waals surface area contributed by atoms with Gasteiger partial charge in [0.15, 0.2) is 17.1 Å². The molecule has 0 amide bonds. The van der Waals surface area contributed by atoms with Crippen LogP contribution >= 0.6 is 11.3 Å². The van der Waals surface area contributed by atoms with Crippen LogP contribution < -0.4 is 0 Å². The molecule has 0 spiro atoms. The van der Waals surface area contributed by atoms with Crippen molar-refractivity contribution in [2.75, 3.05) is 0 Å². The van der Waals surface area contributed by atoms with Crippen LogP contribution in [-0.4, -0.2) is 42.0 Å². The molecule has 6 aromatic rings. The van der Waals surface area contributed by atoms with E-state index in [0.717, 1.165) is 11.1 Å². The Bertz CT molecular complexity index is 2020. The number of fused-ring (bicyclic) bond motifs is 2. The minimum absolute atomic E-state index is 0.165. The monoisotopic (exact) mass is 552 g/mol. The molecule has 4 aromatic heterocycles. The van der Waals surface area contributed by atoms with Crippen molar-refractivity contribution in [3.8, 4) is 21.8 Å². The Morgan fingerprint density at radius 2 is 1.82 bits per heavy atom. The van der Waals surface area contributed by atoms with Gasteiger partial charge in [-0.1, -0.05) is 35.9 Å². The molecule has 1 atom stereocenters. The third kappa shape index (κ3) is 3.66. The fraction of sp³-hybridized carbons (Fsp3) is 0.0714. The van der Waals surface area contributed by atoms with Gasteiger partial charge in [0.25, 0.3) is 10.0 Å². The van der Waals surface area contributed by atoms with E-state index in [0.29, 0.717) is 33.2 Å². The van der Waals surface area contributed by atoms with Gasteiger partial charge in [-0.15, -0.1) is 11.3 Å². The average Bonchev–Trinajstić information content (AvgIpc) is 3.74. The first kappa shape index (κ1) is 23.7. The Kier molecular flexibility index (Phi) is 5.17. The number of aryl methyl sites for hydroxylation is 1. The van der Waals surface area contributed by atoms with E-state index in [1.807, 2.05) is 36.6 Å². The van der Waals surface area contributed by atoms with Crippen LogP contribution in [-0.2, 0) is 15.6 Å². The summed E-state index contributed by atoms with van der Waals surface area (Å²) in [6, 6.07) is 14.2. The Morgan fingerprint density at radius 1 is 1.00 bits per heavy atom. The first-order valence-electron chi connectivity index (χ1n) is 12.0. The van der Waals surface area contributed by atoms with Gasteiger partial charge in [0, 0.05) is 48.1 Å². The lowest BCUT2D eigenvalue weighted by Crippen LogP contribution is -2.24. The molecule has 11 heteroatoms. The van der Waals surface area contributed by atoms with Crippen molar-refractivity contribution in [1.29, 1.82) is 0 Å². The second kappa shape index (κ2) is 8.53. The van der Waals surface area contributed by atoms with E-state index in [4.69, 9.17) is 4.98 Å². The number of thiazole rings is 1. The van der Waals surface area contributed by atoms with Crippen molar-refractivity contribution < 1.29 is 13.5 Å². The predicted molar refractivity (Wildman–Crippen MR) is 148 cm³/mol. The van der Waals surface area contributed by atoms with Gasteiger partial charge >= 0.3 is 0 Å². The van der Waals surface area contributed by atoms with Crippen molar-refractivity contribution in [3.63, 3.8) is 0 Å². The molecule has 7 rings (SSSR count). The normalized spacial score (nSPS) is 16.7. The van der Waals surface area contributed by atoms with Crippen LogP contribution in [0, 0.1) is 6.92 Å². The largest absolute Gasteiger partial charge is 0.373 e. The maximum Gasteiger partial charge on any atom is 0.269 e. The van der Waals surface area contributed by atoms with E-state index in [2.05, 4.69) is 15.0 Å². The molecule has 1 aliphatic heterocycles. The summed E-state index contributed by atoms with van der Waals surface area (Å²) in [5, 5.41) is 13.9. The number of aliphatic hydroxyl groups is 1. The highest BCUT2D eigenvalue weighted by atomic mass is 32.2. The average molecular weight is 553 g/mol. The second-order valence-electron chi connectivity index (χ2n) is 9.24. The Balaban J connectivity index is 1.30. The minimum Gasteiger partial charge on any atom is -0.373 e. The standard InChI is InChI=1S/C28H20N6O3S2/c1-18-5-7-21(8-6-18)39(36,37)34-16-22(24-25(34)30-11-10-29-24)26-32-23(17-38-26)19-3-2-4-20(15-19)28(35)9-13-33-14-12-31-27(28)33/h2-17,35H,1H3/t28-/m1/s1. The third-order valence-electron chi connectivity index (χ3n) is 6.79. The molecular formula is C28H20N6O3S2. The van der Waals surface area contributed by atoms with E-state index in [1.54, 1.807) is 53.5 Å². The first-order chi connectivity index (χ1) is 18.8. The van der Waals surface area contributed by atoms with Crippen LogP contribution in [0.15, 0.2) is 95.9 Å². The SMILES string of the molecule is Cc1ccc(S(=O)(=O)n2cc(-c3nc(-c4cccc([C@]5(O)C=Cn6ccnc65)c4)cs3)c3nccnc32)cc1. The molecule has 0 radical (unpaired) electrons. The van der Waals surface area contributed by atoms with Crippen LogP contribution in [0.5, 0.6) is 0 Å². The number of imidazole rings is 1. The summed E-state index contributed by atoms with van der Waals surface area (Å²) in [5.74, 6) is 0.528. The van der Waals surface area contributed by atoms with Crippen LogP contribution in [0.25, 0.3) is 39.2 Å². The molecule has 192 valence electrons. The third-order valence-corrected chi connectivity index (χ3v) is 9.33.